The maximum absolute atomic E-state index is 11.5. The Hall–Kier alpha value is -0.610. The Morgan fingerprint density at radius 3 is 3.00 bits per heavy atom. The lowest BCUT2D eigenvalue weighted by Crippen LogP contribution is -2.57. The van der Waals surface area contributed by atoms with Crippen LogP contribution in [0.15, 0.2) is 0 Å². The summed E-state index contributed by atoms with van der Waals surface area (Å²) in [5.74, 6) is 0.101. The largest absolute Gasteiger partial charge is 0.336 e. The van der Waals surface area contributed by atoms with Crippen molar-refractivity contribution >= 4 is 5.91 Å². The topological polar surface area (TPSA) is 49.6 Å². The van der Waals surface area contributed by atoms with Crippen LogP contribution in [0.4, 0.5) is 0 Å². The number of hydrogen-bond donors (Lipinski definition) is 1. The summed E-state index contributed by atoms with van der Waals surface area (Å²) >= 11 is 0. The first-order chi connectivity index (χ1) is 6.72. The van der Waals surface area contributed by atoms with Gasteiger partial charge in [0.2, 0.25) is 5.91 Å². The Labute approximate surface area is 85.0 Å². The molecule has 2 heterocycles. The number of nitrogens with two attached hydrogens (primary N) is 1. The zero-order valence-corrected chi connectivity index (χ0v) is 8.78. The zero-order chi connectivity index (χ0) is 10.1. The average Bonchev–Trinajstić information content (AvgIpc) is 2.62. The molecule has 80 valence electrons. The Kier molecular flexibility index (Phi) is 2.74. The minimum atomic E-state index is 0.101. The van der Waals surface area contributed by atoms with Crippen molar-refractivity contribution in [2.24, 2.45) is 5.73 Å². The number of fused-ring (bicyclic) bond motifs is 1. The summed E-state index contributed by atoms with van der Waals surface area (Å²) in [7, 11) is 0. The zero-order valence-electron chi connectivity index (χ0n) is 8.78. The summed E-state index contributed by atoms with van der Waals surface area (Å²) in [5, 5.41) is 0. The van der Waals surface area contributed by atoms with Gasteiger partial charge in [0.25, 0.3) is 0 Å². The van der Waals surface area contributed by atoms with Crippen molar-refractivity contribution < 1.29 is 4.79 Å². The molecule has 2 atom stereocenters. The molecule has 0 saturated carbocycles. The van der Waals surface area contributed by atoms with Gasteiger partial charge in [0.1, 0.15) is 0 Å². The van der Waals surface area contributed by atoms with E-state index in [9.17, 15) is 4.79 Å². The van der Waals surface area contributed by atoms with E-state index in [2.05, 4.69) is 11.8 Å². The summed E-state index contributed by atoms with van der Waals surface area (Å²) in [6.45, 7) is 5.38. The fourth-order valence-corrected chi connectivity index (χ4v) is 2.65. The van der Waals surface area contributed by atoms with E-state index in [0.29, 0.717) is 12.1 Å². The fourth-order valence-electron chi connectivity index (χ4n) is 2.65. The molecular formula is C10H19N3O. The molecule has 0 aliphatic carbocycles. The van der Waals surface area contributed by atoms with Gasteiger partial charge in [0, 0.05) is 25.2 Å². The smallest absolute Gasteiger partial charge is 0.236 e. The Morgan fingerprint density at radius 2 is 2.29 bits per heavy atom. The predicted octanol–water partition coefficient (Wildman–Crippen LogP) is -0.360. The first-order valence-electron chi connectivity index (χ1n) is 5.46. The molecule has 4 nitrogen and oxygen atoms in total. The maximum Gasteiger partial charge on any atom is 0.236 e. The van der Waals surface area contributed by atoms with Crippen molar-refractivity contribution in [3.8, 4) is 0 Å². The molecule has 2 saturated heterocycles. The van der Waals surface area contributed by atoms with Gasteiger partial charge in [-0.15, -0.1) is 0 Å². The highest BCUT2D eigenvalue weighted by Crippen LogP contribution is 2.24. The van der Waals surface area contributed by atoms with E-state index in [1.54, 1.807) is 0 Å². The highest BCUT2D eigenvalue weighted by atomic mass is 16.2. The minimum absolute atomic E-state index is 0.101. The second-order valence-corrected chi connectivity index (χ2v) is 4.39. The molecule has 0 aromatic heterocycles. The van der Waals surface area contributed by atoms with E-state index in [1.807, 2.05) is 4.90 Å². The highest BCUT2D eigenvalue weighted by molar-refractivity contribution is 5.78. The first-order valence-corrected chi connectivity index (χ1v) is 5.46. The number of carbonyl (C=O) groups is 1. The fraction of sp³-hybridized carbons (Fsp3) is 0.900. The van der Waals surface area contributed by atoms with Crippen LogP contribution in [0, 0.1) is 0 Å². The molecule has 2 rings (SSSR count). The lowest BCUT2D eigenvalue weighted by atomic mass is 10.1. The Morgan fingerprint density at radius 1 is 1.50 bits per heavy atom. The molecule has 2 fully saturated rings. The first kappa shape index (κ1) is 9.93. The van der Waals surface area contributed by atoms with Gasteiger partial charge >= 0.3 is 0 Å². The van der Waals surface area contributed by atoms with Crippen LogP contribution in [0.5, 0.6) is 0 Å². The molecule has 2 unspecified atom stereocenters. The summed E-state index contributed by atoms with van der Waals surface area (Å²) < 4.78 is 0. The number of hydrogen-bond acceptors (Lipinski definition) is 3. The normalized spacial score (nSPS) is 33.1. The third-order valence-electron chi connectivity index (χ3n) is 3.43. The lowest BCUT2D eigenvalue weighted by Gasteiger charge is -2.42. The molecule has 4 heteroatoms. The molecule has 0 aromatic carbocycles. The molecule has 1 amide bonds. The number of carbonyl (C=O) groups excluding carboxylic acids is 1. The molecule has 0 bridgehead atoms. The Balaban J connectivity index is 2.02. The van der Waals surface area contributed by atoms with Crippen molar-refractivity contribution in [1.29, 1.82) is 0 Å². The highest BCUT2D eigenvalue weighted by Gasteiger charge is 2.35. The van der Waals surface area contributed by atoms with Crippen LogP contribution in [-0.4, -0.2) is 54.0 Å². The van der Waals surface area contributed by atoms with E-state index in [-0.39, 0.29) is 12.5 Å². The lowest BCUT2D eigenvalue weighted by molar-refractivity contribution is -0.135. The van der Waals surface area contributed by atoms with E-state index in [1.165, 1.54) is 19.4 Å². The average molecular weight is 197 g/mol. The van der Waals surface area contributed by atoms with Gasteiger partial charge in [-0.05, 0) is 26.3 Å². The summed E-state index contributed by atoms with van der Waals surface area (Å²) in [6.07, 6.45) is 2.52. The van der Waals surface area contributed by atoms with Crippen molar-refractivity contribution in [2.75, 3.05) is 26.2 Å². The van der Waals surface area contributed by atoms with Crippen molar-refractivity contribution in [3.05, 3.63) is 0 Å². The van der Waals surface area contributed by atoms with Gasteiger partial charge in [-0.3, -0.25) is 9.69 Å². The van der Waals surface area contributed by atoms with Crippen LogP contribution in [0.25, 0.3) is 0 Å². The molecule has 0 radical (unpaired) electrons. The number of nitrogens with zero attached hydrogens (tertiary/aromatic N) is 2. The quantitative estimate of drug-likeness (QED) is 0.624. The second kappa shape index (κ2) is 3.87. The van der Waals surface area contributed by atoms with Crippen molar-refractivity contribution in [1.82, 2.24) is 9.80 Å². The predicted molar refractivity (Wildman–Crippen MR) is 54.8 cm³/mol. The third kappa shape index (κ3) is 1.64. The summed E-state index contributed by atoms with van der Waals surface area (Å²) in [6, 6.07) is 0.932. The minimum Gasteiger partial charge on any atom is -0.336 e. The molecule has 2 N–H and O–H groups in total. The van der Waals surface area contributed by atoms with Crippen LogP contribution in [0.2, 0.25) is 0 Å². The number of amides is 1. The maximum atomic E-state index is 11.5. The molecule has 0 aromatic rings. The number of piperazine rings is 1. The standard InChI is InChI=1S/C10H19N3O/c1-8-6-12-4-2-3-9(12)7-13(8)10(14)5-11/h8-9H,2-7,11H2,1H3. The van der Waals surface area contributed by atoms with Gasteiger partial charge in [-0.2, -0.15) is 0 Å². The van der Waals surface area contributed by atoms with E-state index >= 15 is 0 Å². The van der Waals surface area contributed by atoms with Gasteiger partial charge in [-0.1, -0.05) is 0 Å². The van der Waals surface area contributed by atoms with Crippen LogP contribution in [-0.2, 0) is 4.79 Å². The van der Waals surface area contributed by atoms with Gasteiger partial charge in [0.15, 0.2) is 0 Å². The molecule has 14 heavy (non-hydrogen) atoms. The molecule has 0 spiro atoms. The van der Waals surface area contributed by atoms with E-state index in [0.717, 1.165) is 13.1 Å². The van der Waals surface area contributed by atoms with Gasteiger partial charge in [0.05, 0.1) is 6.54 Å². The van der Waals surface area contributed by atoms with Gasteiger partial charge < -0.3 is 10.6 Å². The third-order valence-corrected chi connectivity index (χ3v) is 3.43. The van der Waals surface area contributed by atoms with E-state index in [4.69, 9.17) is 5.73 Å². The molecule has 2 aliphatic heterocycles. The molecule has 2 aliphatic rings. The second-order valence-electron chi connectivity index (χ2n) is 4.39. The van der Waals surface area contributed by atoms with Crippen molar-refractivity contribution in [2.45, 2.75) is 31.8 Å². The van der Waals surface area contributed by atoms with Crippen LogP contribution in [0.1, 0.15) is 19.8 Å². The van der Waals surface area contributed by atoms with Crippen LogP contribution >= 0.6 is 0 Å². The van der Waals surface area contributed by atoms with Crippen LogP contribution < -0.4 is 5.73 Å². The number of rotatable bonds is 1. The molecular weight excluding hydrogens is 178 g/mol. The van der Waals surface area contributed by atoms with E-state index < -0.39 is 0 Å². The monoisotopic (exact) mass is 197 g/mol. The Bertz CT molecular complexity index is 231. The van der Waals surface area contributed by atoms with Crippen LogP contribution in [0.3, 0.4) is 0 Å². The summed E-state index contributed by atoms with van der Waals surface area (Å²) in [4.78, 5) is 16.0. The van der Waals surface area contributed by atoms with Crippen molar-refractivity contribution in [3.63, 3.8) is 0 Å². The van der Waals surface area contributed by atoms with Gasteiger partial charge in [-0.25, -0.2) is 0 Å². The summed E-state index contributed by atoms with van der Waals surface area (Å²) in [5.41, 5.74) is 5.40. The SMILES string of the molecule is CC1CN2CCCC2CN1C(=O)CN.